The summed E-state index contributed by atoms with van der Waals surface area (Å²) in [5.41, 5.74) is 0. The Kier molecular flexibility index (Phi) is 6.47. The fourth-order valence-corrected chi connectivity index (χ4v) is 1.07. The predicted molar refractivity (Wildman–Crippen MR) is 50.7 cm³/mol. The Balaban J connectivity index is 3.80. The summed E-state index contributed by atoms with van der Waals surface area (Å²) in [7, 11) is 0. The molecule has 0 saturated carbocycles. The molecule has 1 unspecified atom stereocenters. The molecule has 12 heavy (non-hydrogen) atoms. The summed E-state index contributed by atoms with van der Waals surface area (Å²) < 4.78 is 0. The van der Waals surface area contributed by atoms with Gasteiger partial charge in [0, 0.05) is 18.7 Å². The second kappa shape index (κ2) is 6.91. The molecule has 0 spiro atoms. The smallest absolute Gasteiger partial charge is 0.0900 e. The molecule has 70 valence electrons. The van der Waals surface area contributed by atoms with E-state index in [9.17, 15) is 4.91 Å². The second-order valence-corrected chi connectivity index (χ2v) is 2.72. The van der Waals surface area contributed by atoms with Crippen molar-refractivity contribution in [2.75, 3.05) is 26.2 Å². The largest absolute Gasteiger partial charge is 0.313 e. The van der Waals surface area contributed by atoms with Gasteiger partial charge in [0.1, 0.15) is 0 Å². The Bertz CT molecular complexity index is 134. The first kappa shape index (κ1) is 11.2. The molecular weight excluding hydrogens is 154 g/mol. The van der Waals surface area contributed by atoms with E-state index in [-0.39, 0.29) is 12.5 Å². The standard InChI is InChI=1S/C8H17N3O/c1-3-11(4-2)7-8(5-9)6-10-12/h5,8-9H,3-4,6-7H2,1-2H3. The second-order valence-electron chi connectivity index (χ2n) is 2.72. The average Bonchev–Trinajstić information content (AvgIpc) is 2.12. The van der Waals surface area contributed by atoms with Crippen LogP contribution in [0.3, 0.4) is 0 Å². The average molecular weight is 171 g/mol. The van der Waals surface area contributed by atoms with E-state index in [1.807, 2.05) is 0 Å². The summed E-state index contributed by atoms with van der Waals surface area (Å²) in [5, 5.41) is 9.86. The van der Waals surface area contributed by atoms with Crippen LogP contribution in [0.4, 0.5) is 0 Å². The van der Waals surface area contributed by atoms with Crippen LogP contribution in [0.5, 0.6) is 0 Å². The molecule has 0 aromatic heterocycles. The minimum Gasteiger partial charge on any atom is -0.313 e. The number of hydrogen-bond donors (Lipinski definition) is 1. The maximum absolute atomic E-state index is 9.96. The highest BCUT2D eigenvalue weighted by Crippen LogP contribution is 1.98. The monoisotopic (exact) mass is 171 g/mol. The van der Waals surface area contributed by atoms with Crippen molar-refractivity contribution in [2.24, 2.45) is 11.1 Å². The van der Waals surface area contributed by atoms with Crippen LogP contribution >= 0.6 is 0 Å². The highest BCUT2D eigenvalue weighted by Gasteiger charge is 2.09. The summed E-state index contributed by atoms with van der Waals surface area (Å²) in [6.07, 6.45) is 1.31. The van der Waals surface area contributed by atoms with Crippen LogP contribution in [0.15, 0.2) is 5.18 Å². The highest BCUT2D eigenvalue weighted by atomic mass is 16.3. The molecule has 0 aliphatic heterocycles. The summed E-state index contributed by atoms with van der Waals surface area (Å²) in [5.74, 6) is -0.0117. The number of rotatable bonds is 7. The van der Waals surface area contributed by atoms with Crippen LogP contribution < -0.4 is 0 Å². The molecule has 0 heterocycles. The quantitative estimate of drug-likeness (QED) is 0.464. The zero-order valence-electron chi connectivity index (χ0n) is 7.79. The van der Waals surface area contributed by atoms with Gasteiger partial charge >= 0.3 is 0 Å². The van der Waals surface area contributed by atoms with E-state index < -0.39 is 0 Å². The summed E-state index contributed by atoms with van der Waals surface area (Å²) in [6.45, 7) is 7.04. The number of hydrogen-bond acceptors (Lipinski definition) is 4. The van der Waals surface area contributed by atoms with Crippen LogP contribution in [-0.2, 0) is 0 Å². The molecule has 0 aromatic rings. The van der Waals surface area contributed by atoms with Gasteiger partial charge in [0.15, 0.2) is 0 Å². The Morgan fingerprint density at radius 3 is 2.42 bits per heavy atom. The molecule has 1 atom stereocenters. The molecule has 0 amide bonds. The van der Waals surface area contributed by atoms with Gasteiger partial charge in [-0.2, -0.15) is 4.91 Å². The van der Waals surface area contributed by atoms with Gasteiger partial charge < -0.3 is 10.3 Å². The van der Waals surface area contributed by atoms with Crippen LogP contribution in [0.2, 0.25) is 0 Å². The third-order valence-corrected chi connectivity index (χ3v) is 1.93. The molecule has 0 aliphatic rings. The number of nitroso groups, excluding NO2 is 1. The Morgan fingerprint density at radius 2 is 2.08 bits per heavy atom. The van der Waals surface area contributed by atoms with Crippen molar-refractivity contribution in [1.82, 2.24) is 4.90 Å². The molecule has 1 N–H and O–H groups in total. The first-order chi connectivity index (χ1) is 5.78. The maximum Gasteiger partial charge on any atom is 0.0900 e. The minimum absolute atomic E-state index is 0.0117. The predicted octanol–water partition coefficient (Wildman–Crippen LogP) is 1.36. The lowest BCUT2D eigenvalue weighted by molar-refractivity contribution is 0.283. The van der Waals surface area contributed by atoms with Gasteiger partial charge in [-0.25, -0.2) is 0 Å². The van der Waals surface area contributed by atoms with Gasteiger partial charge in [-0.1, -0.05) is 19.0 Å². The fourth-order valence-electron chi connectivity index (χ4n) is 1.07. The first-order valence-electron chi connectivity index (χ1n) is 4.30. The van der Waals surface area contributed by atoms with Crippen molar-refractivity contribution in [3.8, 4) is 0 Å². The normalized spacial score (nSPS) is 12.9. The molecule has 0 aromatic carbocycles. The zero-order valence-corrected chi connectivity index (χ0v) is 7.79. The van der Waals surface area contributed by atoms with Crippen LogP contribution in [0.1, 0.15) is 13.8 Å². The van der Waals surface area contributed by atoms with Crippen molar-refractivity contribution in [3.05, 3.63) is 4.91 Å². The minimum atomic E-state index is -0.0117. The molecule has 0 rings (SSSR count). The molecule has 0 saturated heterocycles. The molecule has 4 heteroatoms. The molecule has 0 radical (unpaired) electrons. The zero-order chi connectivity index (χ0) is 9.40. The summed E-state index contributed by atoms with van der Waals surface area (Å²) >= 11 is 0. The Hall–Kier alpha value is -0.770. The van der Waals surface area contributed by atoms with Crippen molar-refractivity contribution >= 4 is 6.21 Å². The van der Waals surface area contributed by atoms with Crippen LogP contribution in [-0.4, -0.2) is 37.3 Å². The molecule has 0 fully saturated rings. The van der Waals surface area contributed by atoms with Crippen molar-refractivity contribution in [2.45, 2.75) is 13.8 Å². The van der Waals surface area contributed by atoms with Crippen molar-refractivity contribution in [1.29, 1.82) is 5.41 Å². The topological polar surface area (TPSA) is 56.5 Å². The molecule has 4 nitrogen and oxygen atoms in total. The van der Waals surface area contributed by atoms with E-state index >= 15 is 0 Å². The fraction of sp³-hybridized carbons (Fsp3) is 0.875. The van der Waals surface area contributed by atoms with Gasteiger partial charge in [0.05, 0.1) is 6.54 Å². The van der Waals surface area contributed by atoms with Gasteiger partial charge in [-0.05, 0) is 13.1 Å². The van der Waals surface area contributed by atoms with E-state index in [1.54, 1.807) is 0 Å². The van der Waals surface area contributed by atoms with Crippen molar-refractivity contribution in [3.63, 3.8) is 0 Å². The third kappa shape index (κ3) is 4.18. The lowest BCUT2D eigenvalue weighted by Crippen LogP contribution is -2.31. The lowest BCUT2D eigenvalue weighted by atomic mass is 10.1. The summed E-state index contributed by atoms with van der Waals surface area (Å²) in [6, 6.07) is 0. The van der Waals surface area contributed by atoms with Gasteiger partial charge in [-0.15, -0.1) is 0 Å². The van der Waals surface area contributed by atoms with Gasteiger partial charge in [-0.3, -0.25) is 0 Å². The summed E-state index contributed by atoms with van der Waals surface area (Å²) in [4.78, 5) is 12.1. The molecule has 0 bridgehead atoms. The molecule has 0 aliphatic carbocycles. The maximum atomic E-state index is 9.96. The van der Waals surface area contributed by atoms with Crippen LogP contribution in [0.25, 0.3) is 0 Å². The SMILES string of the molecule is CCN(CC)CC(C=N)CN=O. The van der Waals surface area contributed by atoms with Crippen molar-refractivity contribution < 1.29 is 0 Å². The van der Waals surface area contributed by atoms with E-state index in [0.717, 1.165) is 19.6 Å². The third-order valence-electron chi connectivity index (χ3n) is 1.93. The van der Waals surface area contributed by atoms with E-state index in [4.69, 9.17) is 5.41 Å². The Labute approximate surface area is 73.4 Å². The Morgan fingerprint density at radius 1 is 1.50 bits per heavy atom. The first-order valence-corrected chi connectivity index (χ1v) is 4.30. The van der Waals surface area contributed by atoms with Gasteiger partial charge in [0.25, 0.3) is 0 Å². The van der Waals surface area contributed by atoms with Gasteiger partial charge in [0.2, 0.25) is 0 Å². The number of nitrogens with zero attached hydrogens (tertiary/aromatic N) is 2. The molecular formula is C8H17N3O. The van der Waals surface area contributed by atoms with E-state index in [0.29, 0.717) is 0 Å². The van der Waals surface area contributed by atoms with E-state index in [2.05, 4.69) is 23.9 Å². The van der Waals surface area contributed by atoms with E-state index in [1.165, 1.54) is 6.21 Å². The number of nitrogens with one attached hydrogen (secondary N) is 1. The highest BCUT2D eigenvalue weighted by molar-refractivity contribution is 5.57. The lowest BCUT2D eigenvalue weighted by Gasteiger charge is -2.20. The van der Waals surface area contributed by atoms with Crippen LogP contribution in [0, 0.1) is 16.2 Å².